The van der Waals surface area contributed by atoms with E-state index in [1.54, 1.807) is 16.5 Å². The van der Waals surface area contributed by atoms with Crippen molar-refractivity contribution in [2.75, 3.05) is 18.0 Å². The SMILES string of the molecule is Cc1nc2cc(C3CCC3)ccn2c1C(=O)NCc1ccc(N2CCC(Oc3cccc(C(F)(F)F)c3)CC2)c(F)c1. The van der Waals surface area contributed by atoms with Crippen molar-refractivity contribution in [2.24, 2.45) is 0 Å². The Kier molecular flexibility index (Phi) is 7.55. The lowest BCUT2D eigenvalue weighted by Gasteiger charge is -2.34. The van der Waals surface area contributed by atoms with Crippen LogP contribution >= 0.6 is 0 Å². The molecule has 1 amide bonds. The number of aryl methyl sites for hydroxylation is 1. The van der Waals surface area contributed by atoms with Gasteiger partial charge in [0.15, 0.2) is 0 Å². The Morgan fingerprint density at radius 3 is 2.52 bits per heavy atom. The summed E-state index contributed by atoms with van der Waals surface area (Å²) in [5.41, 5.74) is 3.45. The van der Waals surface area contributed by atoms with Crippen LogP contribution in [0.1, 0.15) is 70.9 Å². The van der Waals surface area contributed by atoms with Crippen LogP contribution in [0, 0.1) is 12.7 Å². The van der Waals surface area contributed by atoms with Gasteiger partial charge < -0.3 is 15.0 Å². The number of alkyl halides is 3. The zero-order chi connectivity index (χ0) is 29.4. The van der Waals surface area contributed by atoms with Crippen molar-refractivity contribution in [3.05, 3.63) is 94.7 Å². The van der Waals surface area contributed by atoms with Crippen LogP contribution < -0.4 is 15.0 Å². The maximum atomic E-state index is 15.1. The molecule has 0 bridgehead atoms. The van der Waals surface area contributed by atoms with E-state index >= 15 is 4.39 Å². The van der Waals surface area contributed by atoms with Crippen molar-refractivity contribution in [2.45, 2.75) is 63.8 Å². The van der Waals surface area contributed by atoms with Gasteiger partial charge in [-0.2, -0.15) is 13.2 Å². The molecule has 1 aliphatic heterocycles. The Morgan fingerprint density at radius 1 is 1.05 bits per heavy atom. The first kappa shape index (κ1) is 28.1. The third kappa shape index (κ3) is 5.80. The Bertz CT molecular complexity index is 1600. The summed E-state index contributed by atoms with van der Waals surface area (Å²) in [6.45, 7) is 2.99. The Balaban J connectivity index is 1.05. The smallest absolute Gasteiger partial charge is 0.416 e. The lowest BCUT2D eigenvalue weighted by Crippen LogP contribution is -2.38. The first-order valence-electron chi connectivity index (χ1n) is 14.3. The predicted octanol–water partition coefficient (Wildman–Crippen LogP) is 7.05. The van der Waals surface area contributed by atoms with Gasteiger partial charge in [-0.15, -0.1) is 0 Å². The number of anilines is 1. The number of carbonyl (C=O) groups excluding carboxylic acids is 1. The van der Waals surface area contributed by atoms with Gasteiger partial charge in [0, 0.05) is 38.7 Å². The van der Waals surface area contributed by atoms with E-state index in [-0.39, 0.29) is 24.3 Å². The minimum atomic E-state index is -4.43. The fourth-order valence-corrected chi connectivity index (χ4v) is 5.78. The minimum absolute atomic E-state index is 0.162. The van der Waals surface area contributed by atoms with Crippen molar-refractivity contribution in [1.29, 1.82) is 0 Å². The standard InChI is InChI=1S/C32H32F4N4O2/c1-20-30(40-15-10-23(17-29(40)38-20)22-4-2-5-22)31(41)37-19-21-8-9-28(27(33)16-21)39-13-11-25(12-14-39)42-26-7-3-6-24(18-26)32(34,35)36/h3,6-10,15-18,22,25H,2,4-5,11-14,19H2,1H3,(H,37,41). The van der Waals surface area contributed by atoms with Crippen molar-refractivity contribution in [1.82, 2.24) is 14.7 Å². The zero-order valence-electron chi connectivity index (χ0n) is 23.3. The number of nitrogens with zero attached hydrogens (tertiary/aromatic N) is 3. The van der Waals surface area contributed by atoms with Gasteiger partial charge in [-0.25, -0.2) is 9.37 Å². The molecular weight excluding hydrogens is 548 g/mol. The molecule has 2 aliphatic rings. The summed E-state index contributed by atoms with van der Waals surface area (Å²) >= 11 is 0. The molecule has 2 aromatic carbocycles. The van der Waals surface area contributed by atoms with E-state index in [4.69, 9.17) is 4.74 Å². The molecule has 3 heterocycles. The van der Waals surface area contributed by atoms with E-state index in [0.717, 1.165) is 17.8 Å². The number of hydrogen-bond acceptors (Lipinski definition) is 4. The quantitative estimate of drug-likeness (QED) is 0.238. The van der Waals surface area contributed by atoms with Gasteiger partial charge in [-0.3, -0.25) is 9.20 Å². The molecule has 6 nitrogen and oxygen atoms in total. The normalized spacial score (nSPS) is 16.5. The van der Waals surface area contributed by atoms with Crippen LogP contribution in [-0.4, -0.2) is 34.5 Å². The van der Waals surface area contributed by atoms with Gasteiger partial charge in [0.05, 0.1) is 16.9 Å². The molecule has 4 aromatic rings. The van der Waals surface area contributed by atoms with E-state index in [0.29, 0.717) is 54.5 Å². The van der Waals surface area contributed by atoms with Crippen molar-refractivity contribution < 1.29 is 27.1 Å². The molecule has 1 N–H and O–H groups in total. The number of halogens is 4. The molecule has 0 radical (unpaired) electrons. The second-order valence-electron chi connectivity index (χ2n) is 11.2. The first-order chi connectivity index (χ1) is 20.2. The molecule has 1 saturated carbocycles. The number of ether oxygens (including phenoxy) is 1. The van der Waals surface area contributed by atoms with E-state index in [2.05, 4.69) is 22.4 Å². The lowest BCUT2D eigenvalue weighted by molar-refractivity contribution is -0.137. The predicted molar refractivity (Wildman–Crippen MR) is 151 cm³/mol. The fraction of sp³-hybridized carbons (Fsp3) is 0.375. The number of amides is 1. The molecule has 2 fully saturated rings. The summed E-state index contributed by atoms with van der Waals surface area (Å²) in [6, 6.07) is 13.9. The van der Waals surface area contributed by atoms with Crippen LogP contribution in [0.15, 0.2) is 60.8 Å². The number of piperidine rings is 1. The molecule has 0 spiro atoms. The van der Waals surface area contributed by atoms with E-state index in [1.165, 1.54) is 43.0 Å². The molecule has 42 heavy (non-hydrogen) atoms. The van der Waals surface area contributed by atoms with E-state index in [1.807, 2.05) is 18.0 Å². The number of hydrogen-bond donors (Lipinski definition) is 1. The highest BCUT2D eigenvalue weighted by molar-refractivity contribution is 5.94. The third-order valence-corrected chi connectivity index (χ3v) is 8.33. The highest BCUT2D eigenvalue weighted by atomic mass is 19.4. The number of imidazole rings is 1. The number of fused-ring (bicyclic) bond motifs is 1. The van der Waals surface area contributed by atoms with Crippen LogP contribution in [0.25, 0.3) is 5.65 Å². The fourth-order valence-electron chi connectivity index (χ4n) is 5.78. The van der Waals surface area contributed by atoms with Crippen molar-refractivity contribution >= 4 is 17.2 Å². The lowest BCUT2D eigenvalue weighted by atomic mass is 9.80. The van der Waals surface area contributed by atoms with Gasteiger partial charge in [0.25, 0.3) is 5.91 Å². The minimum Gasteiger partial charge on any atom is -0.490 e. The van der Waals surface area contributed by atoms with Crippen LogP contribution in [0.3, 0.4) is 0 Å². The maximum Gasteiger partial charge on any atom is 0.416 e. The van der Waals surface area contributed by atoms with Crippen LogP contribution in [0.5, 0.6) is 5.75 Å². The van der Waals surface area contributed by atoms with E-state index < -0.39 is 17.6 Å². The molecule has 6 rings (SSSR count). The number of aromatic nitrogens is 2. The number of benzene rings is 2. The Morgan fingerprint density at radius 2 is 1.83 bits per heavy atom. The third-order valence-electron chi connectivity index (χ3n) is 8.33. The average molecular weight is 581 g/mol. The highest BCUT2D eigenvalue weighted by Gasteiger charge is 2.31. The molecule has 10 heteroatoms. The van der Waals surface area contributed by atoms with Gasteiger partial charge in [0.2, 0.25) is 0 Å². The summed E-state index contributed by atoms with van der Waals surface area (Å²) < 4.78 is 61.7. The van der Waals surface area contributed by atoms with Crippen LogP contribution in [0.2, 0.25) is 0 Å². The number of nitrogens with one attached hydrogen (secondary N) is 1. The summed E-state index contributed by atoms with van der Waals surface area (Å²) in [6.07, 6.45) is 1.95. The molecule has 220 valence electrons. The van der Waals surface area contributed by atoms with Crippen LogP contribution in [-0.2, 0) is 12.7 Å². The molecule has 1 saturated heterocycles. The largest absolute Gasteiger partial charge is 0.490 e. The molecule has 0 unspecified atom stereocenters. The van der Waals surface area contributed by atoms with E-state index in [9.17, 15) is 18.0 Å². The molecule has 0 atom stereocenters. The van der Waals surface area contributed by atoms with Crippen molar-refractivity contribution in [3.63, 3.8) is 0 Å². The second kappa shape index (κ2) is 11.3. The molecular formula is C32H32F4N4O2. The summed E-state index contributed by atoms with van der Waals surface area (Å²) in [5.74, 6) is 0.0851. The van der Waals surface area contributed by atoms with Crippen molar-refractivity contribution in [3.8, 4) is 5.75 Å². The zero-order valence-corrected chi connectivity index (χ0v) is 23.3. The monoisotopic (exact) mass is 580 g/mol. The average Bonchev–Trinajstić information content (AvgIpc) is 3.26. The highest BCUT2D eigenvalue weighted by Crippen LogP contribution is 2.37. The topological polar surface area (TPSA) is 58.9 Å². The number of pyridine rings is 1. The van der Waals surface area contributed by atoms with Gasteiger partial charge in [-0.1, -0.05) is 18.6 Å². The Labute approximate surface area is 241 Å². The van der Waals surface area contributed by atoms with Gasteiger partial charge in [0.1, 0.15) is 29.0 Å². The number of carbonyl (C=O) groups is 1. The van der Waals surface area contributed by atoms with Gasteiger partial charge >= 0.3 is 6.18 Å². The molecule has 2 aromatic heterocycles. The first-order valence-corrected chi connectivity index (χ1v) is 14.3. The molecule has 1 aliphatic carbocycles. The van der Waals surface area contributed by atoms with Crippen LogP contribution in [0.4, 0.5) is 23.2 Å². The summed E-state index contributed by atoms with van der Waals surface area (Å²) in [4.78, 5) is 19.6. The van der Waals surface area contributed by atoms with Gasteiger partial charge in [-0.05, 0) is 79.3 Å². The summed E-state index contributed by atoms with van der Waals surface area (Å²) in [7, 11) is 0. The summed E-state index contributed by atoms with van der Waals surface area (Å²) in [5, 5.41) is 2.90. The number of rotatable bonds is 7. The second-order valence-corrected chi connectivity index (χ2v) is 11.2. The Hall–Kier alpha value is -4.08. The maximum absolute atomic E-state index is 15.1.